The minimum absolute atomic E-state index is 0.237. The fraction of sp³-hybridized carbons (Fsp3) is 0.667. The molecule has 0 radical (unpaired) electrons. The van der Waals surface area contributed by atoms with Crippen LogP contribution in [0.15, 0.2) is 17.3 Å². The number of hydrogen-bond donors (Lipinski definition) is 1. The maximum absolute atomic E-state index is 11.7. The molecule has 0 atom stereocenters. The van der Waals surface area contributed by atoms with Gasteiger partial charge in [0.1, 0.15) is 4.90 Å². The first-order valence-corrected chi connectivity index (χ1v) is 6.60. The average Bonchev–Trinajstić information content (AvgIpc) is 2.66. The lowest BCUT2D eigenvalue weighted by Crippen LogP contribution is -2.24. The zero-order chi connectivity index (χ0) is 11.3. The van der Waals surface area contributed by atoms with Crippen molar-refractivity contribution in [2.45, 2.75) is 38.1 Å². The summed E-state index contributed by atoms with van der Waals surface area (Å²) < 4.78 is 27.5. The number of unbranched alkanes of at least 4 members (excludes halogenated alkanes) is 1. The Kier molecular flexibility index (Phi) is 4.28. The van der Waals surface area contributed by atoms with Gasteiger partial charge < -0.3 is 0 Å². The van der Waals surface area contributed by atoms with Crippen LogP contribution in [0.25, 0.3) is 0 Å². The Labute approximate surface area is 90.5 Å². The Hall–Kier alpha value is -0.880. The lowest BCUT2D eigenvalue weighted by molar-refractivity contribution is 0.578. The van der Waals surface area contributed by atoms with E-state index >= 15 is 0 Å². The molecule has 0 saturated heterocycles. The number of rotatable bonds is 6. The van der Waals surface area contributed by atoms with Crippen LogP contribution in [0.4, 0.5) is 0 Å². The molecule has 1 aromatic rings. The average molecular weight is 231 g/mol. The van der Waals surface area contributed by atoms with Crippen LogP contribution in [0, 0.1) is 0 Å². The Bertz CT molecular complexity index is 397. The predicted molar refractivity (Wildman–Crippen MR) is 58.0 cm³/mol. The van der Waals surface area contributed by atoms with Gasteiger partial charge in [0.2, 0.25) is 10.0 Å². The number of aromatic nitrogens is 2. The van der Waals surface area contributed by atoms with Crippen molar-refractivity contribution in [1.82, 2.24) is 14.5 Å². The Morgan fingerprint density at radius 3 is 2.73 bits per heavy atom. The highest BCUT2D eigenvalue weighted by molar-refractivity contribution is 7.89. The van der Waals surface area contributed by atoms with Gasteiger partial charge in [0.25, 0.3) is 0 Å². The molecule has 1 rings (SSSR count). The third-order valence-electron chi connectivity index (χ3n) is 2.07. The molecule has 0 aliphatic carbocycles. The van der Waals surface area contributed by atoms with Gasteiger partial charge in [-0.3, -0.25) is 4.68 Å². The maximum Gasteiger partial charge on any atom is 0.243 e. The first-order valence-electron chi connectivity index (χ1n) is 5.12. The van der Waals surface area contributed by atoms with Gasteiger partial charge >= 0.3 is 0 Å². The van der Waals surface area contributed by atoms with E-state index in [1.165, 1.54) is 12.4 Å². The summed E-state index contributed by atoms with van der Waals surface area (Å²) in [6, 6.07) is 0. The van der Waals surface area contributed by atoms with Crippen molar-refractivity contribution in [2.24, 2.45) is 0 Å². The van der Waals surface area contributed by atoms with Crippen molar-refractivity contribution in [3.63, 3.8) is 0 Å². The molecule has 1 N–H and O–H groups in total. The molecule has 0 bridgehead atoms. The molecule has 1 aromatic heterocycles. The lowest BCUT2D eigenvalue weighted by atomic mass is 10.3. The third kappa shape index (κ3) is 3.32. The quantitative estimate of drug-likeness (QED) is 0.742. The molecule has 86 valence electrons. The monoisotopic (exact) mass is 231 g/mol. The molecule has 0 aliphatic heterocycles. The van der Waals surface area contributed by atoms with E-state index in [0.717, 1.165) is 12.8 Å². The van der Waals surface area contributed by atoms with Gasteiger partial charge in [-0.15, -0.1) is 0 Å². The maximum atomic E-state index is 11.7. The second-order valence-corrected chi connectivity index (χ2v) is 5.05. The second-order valence-electron chi connectivity index (χ2n) is 3.28. The molecule has 0 aromatic carbocycles. The first-order chi connectivity index (χ1) is 7.10. The Morgan fingerprint density at radius 1 is 1.47 bits per heavy atom. The zero-order valence-electron chi connectivity index (χ0n) is 9.10. The summed E-state index contributed by atoms with van der Waals surface area (Å²) in [5.74, 6) is 0. The van der Waals surface area contributed by atoms with E-state index in [4.69, 9.17) is 0 Å². The molecule has 0 spiro atoms. The van der Waals surface area contributed by atoms with Gasteiger partial charge in [0.15, 0.2) is 0 Å². The van der Waals surface area contributed by atoms with Crippen LogP contribution < -0.4 is 4.72 Å². The highest BCUT2D eigenvalue weighted by atomic mass is 32.2. The summed E-state index contributed by atoms with van der Waals surface area (Å²) >= 11 is 0. The van der Waals surface area contributed by atoms with Crippen molar-refractivity contribution in [1.29, 1.82) is 0 Å². The molecular weight excluding hydrogens is 214 g/mol. The van der Waals surface area contributed by atoms with E-state index in [-0.39, 0.29) is 4.90 Å². The first kappa shape index (κ1) is 12.2. The molecule has 0 unspecified atom stereocenters. The summed E-state index contributed by atoms with van der Waals surface area (Å²) in [6.45, 7) is 5.08. The Balaban J connectivity index is 2.68. The minimum atomic E-state index is -3.36. The summed E-state index contributed by atoms with van der Waals surface area (Å²) in [7, 11) is -3.36. The smallest absolute Gasteiger partial charge is 0.243 e. The highest BCUT2D eigenvalue weighted by Crippen LogP contribution is 2.06. The van der Waals surface area contributed by atoms with Gasteiger partial charge in [0, 0.05) is 19.3 Å². The van der Waals surface area contributed by atoms with Gasteiger partial charge in [-0.1, -0.05) is 13.3 Å². The van der Waals surface area contributed by atoms with Gasteiger partial charge in [-0.05, 0) is 13.3 Å². The van der Waals surface area contributed by atoms with Crippen molar-refractivity contribution in [3.8, 4) is 0 Å². The molecule has 0 saturated carbocycles. The van der Waals surface area contributed by atoms with Gasteiger partial charge in [-0.25, -0.2) is 13.1 Å². The van der Waals surface area contributed by atoms with Gasteiger partial charge in [-0.2, -0.15) is 5.10 Å². The topological polar surface area (TPSA) is 64.0 Å². The van der Waals surface area contributed by atoms with E-state index in [1.54, 1.807) is 4.68 Å². The summed E-state index contributed by atoms with van der Waals surface area (Å²) in [4.78, 5) is 0.237. The van der Waals surface area contributed by atoms with E-state index in [2.05, 4.69) is 9.82 Å². The predicted octanol–water partition coefficient (Wildman–Crippen LogP) is 0.981. The number of hydrogen-bond acceptors (Lipinski definition) is 3. The van der Waals surface area contributed by atoms with Crippen LogP contribution in [-0.4, -0.2) is 24.7 Å². The molecule has 15 heavy (non-hydrogen) atoms. The molecule has 1 heterocycles. The number of nitrogens with zero attached hydrogens (tertiary/aromatic N) is 2. The molecule has 5 nitrogen and oxygen atoms in total. The minimum Gasteiger partial charge on any atom is -0.272 e. The fourth-order valence-electron chi connectivity index (χ4n) is 1.12. The van der Waals surface area contributed by atoms with Crippen LogP contribution in [0.1, 0.15) is 26.7 Å². The van der Waals surface area contributed by atoms with Crippen molar-refractivity contribution >= 4 is 10.0 Å². The normalized spacial score (nSPS) is 11.9. The molecule has 0 fully saturated rings. The zero-order valence-corrected chi connectivity index (χ0v) is 9.92. The SMILES string of the molecule is CCCCNS(=O)(=O)c1cnn(CC)c1. The molecule has 6 heteroatoms. The highest BCUT2D eigenvalue weighted by Gasteiger charge is 2.14. The van der Waals surface area contributed by atoms with E-state index in [9.17, 15) is 8.42 Å². The lowest BCUT2D eigenvalue weighted by Gasteiger charge is -2.02. The molecular formula is C9H17N3O2S. The van der Waals surface area contributed by atoms with Crippen LogP contribution in [0.5, 0.6) is 0 Å². The second kappa shape index (κ2) is 5.27. The number of sulfonamides is 1. The van der Waals surface area contributed by atoms with Crippen LogP contribution in [0.2, 0.25) is 0 Å². The van der Waals surface area contributed by atoms with Gasteiger partial charge in [0.05, 0.1) is 6.20 Å². The summed E-state index contributed by atoms with van der Waals surface area (Å²) in [5, 5.41) is 3.93. The molecule has 0 amide bonds. The largest absolute Gasteiger partial charge is 0.272 e. The Morgan fingerprint density at radius 2 is 2.20 bits per heavy atom. The molecule has 0 aliphatic rings. The van der Waals surface area contributed by atoms with Crippen molar-refractivity contribution in [3.05, 3.63) is 12.4 Å². The van der Waals surface area contributed by atoms with Crippen LogP contribution >= 0.6 is 0 Å². The summed E-state index contributed by atoms with van der Waals surface area (Å²) in [5.41, 5.74) is 0. The van der Waals surface area contributed by atoms with Crippen molar-refractivity contribution in [2.75, 3.05) is 6.54 Å². The standard InChI is InChI=1S/C9H17N3O2S/c1-3-5-6-11-15(13,14)9-7-10-12(4-2)8-9/h7-8,11H,3-6H2,1-2H3. The van der Waals surface area contributed by atoms with Crippen LogP contribution in [-0.2, 0) is 16.6 Å². The number of nitrogens with one attached hydrogen (secondary N) is 1. The third-order valence-corrected chi connectivity index (χ3v) is 3.48. The van der Waals surface area contributed by atoms with Crippen LogP contribution in [0.3, 0.4) is 0 Å². The fourth-order valence-corrected chi connectivity index (χ4v) is 2.15. The summed E-state index contributed by atoms with van der Waals surface area (Å²) in [6.07, 6.45) is 4.73. The van der Waals surface area contributed by atoms with Crippen molar-refractivity contribution < 1.29 is 8.42 Å². The van der Waals surface area contributed by atoms with E-state index in [1.807, 2.05) is 13.8 Å². The number of aryl methyl sites for hydroxylation is 1. The van der Waals surface area contributed by atoms with E-state index < -0.39 is 10.0 Å². The van der Waals surface area contributed by atoms with E-state index in [0.29, 0.717) is 13.1 Å².